The molecule has 1 saturated heterocycles. The topological polar surface area (TPSA) is 46.6 Å². The second kappa shape index (κ2) is 7.58. The van der Waals surface area contributed by atoms with E-state index < -0.39 is 0 Å². The summed E-state index contributed by atoms with van der Waals surface area (Å²) in [5.41, 5.74) is 0.720. The Morgan fingerprint density at radius 3 is 2.83 bits per heavy atom. The first kappa shape index (κ1) is 17.5. The van der Waals surface area contributed by atoms with Gasteiger partial charge in [0.05, 0.1) is 22.6 Å². The molecule has 0 bridgehead atoms. The molecule has 6 heteroatoms. The van der Waals surface area contributed by atoms with Crippen LogP contribution in [0.15, 0.2) is 23.1 Å². The van der Waals surface area contributed by atoms with Gasteiger partial charge in [-0.3, -0.25) is 14.5 Å². The fraction of sp³-hybridized carbons (Fsp3) is 0.294. The van der Waals surface area contributed by atoms with Crippen LogP contribution in [-0.2, 0) is 4.79 Å². The maximum Gasteiger partial charge on any atom is 0.294 e. The van der Waals surface area contributed by atoms with E-state index in [1.165, 1.54) is 0 Å². The minimum atomic E-state index is -0.381. The van der Waals surface area contributed by atoms with E-state index in [0.29, 0.717) is 15.7 Å². The Bertz CT molecular complexity index is 708. The van der Waals surface area contributed by atoms with Gasteiger partial charge in [0.25, 0.3) is 11.1 Å². The van der Waals surface area contributed by atoms with Crippen LogP contribution < -0.4 is 4.74 Å². The van der Waals surface area contributed by atoms with Crippen LogP contribution in [0.4, 0.5) is 4.79 Å². The van der Waals surface area contributed by atoms with Crippen molar-refractivity contribution in [1.29, 1.82) is 0 Å². The predicted molar refractivity (Wildman–Crippen MR) is 93.3 cm³/mol. The van der Waals surface area contributed by atoms with Crippen LogP contribution in [0.2, 0.25) is 5.02 Å². The Kier molecular flexibility index (Phi) is 5.75. The summed E-state index contributed by atoms with van der Waals surface area (Å²) in [5.74, 6) is 2.52. The van der Waals surface area contributed by atoms with E-state index in [1.54, 1.807) is 24.3 Å². The zero-order valence-electron chi connectivity index (χ0n) is 12.8. The molecule has 1 aliphatic heterocycles. The number of rotatable bonds is 5. The highest BCUT2D eigenvalue weighted by atomic mass is 35.5. The molecule has 1 aliphatic rings. The first-order chi connectivity index (χ1) is 11.0. The monoisotopic (exact) mass is 349 g/mol. The van der Waals surface area contributed by atoms with E-state index in [9.17, 15) is 9.59 Å². The van der Waals surface area contributed by atoms with Gasteiger partial charge in [0.2, 0.25) is 0 Å². The number of carbonyl (C=O) groups excluding carboxylic acids is 2. The summed E-state index contributed by atoms with van der Waals surface area (Å²) in [6.45, 7) is 3.97. The van der Waals surface area contributed by atoms with E-state index in [4.69, 9.17) is 22.8 Å². The van der Waals surface area contributed by atoms with Gasteiger partial charge in [0.1, 0.15) is 5.75 Å². The van der Waals surface area contributed by atoms with Crippen molar-refractivity contribution in [2.24, 2.45) is 0 Å². The van der Waals surface area contributed by atoms with Crippen LogP contribution in [-0.4, -0.2) is 28.7 Å². The van der Waals surface area contributed by atoms with Crippen LogP contribution >= 0.6 is 23.4 Å². The third-order valence-corrected chi connectivity index (χ3v) is 4.48. The largest absolute Gasteiger partial charge is 0.489 e. The molecular formula is C17H16ClNO3S. The molecule has 0 unspecified atom stereocenters. The molecule has 1 aromatic carbocycles. The van der Waals surface area contributed by atoms with Gasteiger partial charge in [-0.15, -0.1) is 6.42 Å². The van der Waals surface area contributed by atoms with Crippen molar-refractivity contribution < 1.29 is 14.3 Å². The summed E-state index contributed by atoms with van der Waals surface area (Å²) < 4.78 is 5.70. The average Bonchev–Trinajstić information content (AvgIpc) is 2.78. The van der Waals surface area contributed by atoms with Crippen LogP contribution in [0.5, 0.6) is 5.75 Å². The minimum absolute atomic E-state index is 0.0234. The van der Waals surface area contributed by atoms with Gasteiger partial charge in [0, 0.05) is 0 Å². The molecule has 1 aromatic rings. The van der Waals surface area contributed by atoms with Gasteiger partial charge in [-0.25, -0.2) is 0 Å². The second-order valence-electron chi connectivity index (χ2n) is 5.00. The highest BCUT2D eigenvalue weighted by Gasteiger charge is 2.34. The normalized spacial score (nSPS) is 17.5. The van der Waals surface area contributed by atoms with E-state index in [0.717, 1.165) is 28.6 Å². The van der Waals surface area contributed by atoms with Crippen LogP contribution in [0.1, 0.15) is 25.8 Å². The predicted octanol–water partition coefficient (Wildman–Crippen LogP) is 4.19. The van der Waals surface area contributed by atoms with Crippen molar-refractivity contribution in [2.75, 3.05) is 6.54 Å². The Hall–Kier alpha value is -1.90. The molecule has 0 radical (unpaired) electrons. The summed E-state index contributed by atoms with van der Waals surface area (Å²) in [5, 5.41) is 0.101. The lowest BCUT2D eigenvalue weighted by atomic mass is 10.2. The van der Waals surface area contributed by atoms with Crippen molar-refractivity contribution >= 4 is 40.6 Å². The molecule has 4 nitrogen and oxygen atoms in total. The number of benzene rings is 1. The summed E-state index contributed by atoms with van der Waals surface area (Å²) in [4.78, 5) is 25.2. The summed E-state index contributed by atoms with van der Waals surface area (Å²) in [6.07, 6.45) is 7.73. The Balaban J connectivity index is 2.21. The lowest BCUT2D eigenvalue weighted by Gasteiger charge is -2.14. The van der Waals surface area contributed by atoms with Crippen LogP contribution in [0.25, 0.3) is 6.08 Å². The summed E-state index contributed by atoms with van der Waals surface area (Å²) in [7, 11) is 0. The van der Waals surface area contributed by atoms with Crippen LogP contribution in [0, 0.1) is 12.3 Å². The average molecular weight is 350 g/mol. The van der Waals surface area contributed by atoms with E-state index in [-0.39, 0.29) is 23.8 Å². The van der Waals surface area contributed by atoms with Gasteiger partial charge in [0.15, 0.2) is 0 Å². The Morgan fingerprint density at radius 2 is 2.22 bits per heavy atom. The quantitative estimate of drug-likeness (QED) is 0.590. The molecule has 0 N–H and O–H groups in total. The number of ether oxygens (including phenoxy) is 1. The Labute approximate surface area is 144 Å². The zero-order chi connectivity index (χ0) is 17.0. The summed E-state index contributed by atoms with van der Waals surface area (Å²) in [6, 6.07) is 5.25. The van der Waals surface area contributed by atoms with Crippen molar-refractivity contribution in [1.82, 2.24) is 4.90 Å². The highest BCUT2D eigenvalue weighted by molar-refractivity contribution is 8.18. The smallest absolute Gasteiger partial charge is 0.294 e. The number of thioether (sulfide) groups is 1. The van der Waals surface area contributed by atoms with E-state index >= 15 is 0 Å². The van der Waals surface area contributed by atoms with Crippen molar-refractivity contribution in [3.05, 3.63) is 33.7 Å². The highest BCUT2D eigenvalue weighted by Crippen LogP contribution is 2.33. The molecule has 120 valence electrons. The van der Waals surface area contributed by atoms with Crippen molar-refractivity contribution in [3.8, 4) is 18.1 Å². The number of imide groups is 1. The lowest BCUT2D eigenvalue weighted by molar-refractivity contribution is -0.122. The standard InChI is InChI=1S/C17H16ClNO3S/c1-4-8-19-16(20)15(23-17(19)21)10-12-6-7-14(13(18)9-12)22-11(3)5-2/h1,6-7,9-11H,5,8H2,2-3H3/b15-10+/t11-/m1/s1. The number of amides is 2. The van der Waals surface area contributed by atoms with Gasteiger partial charge < -0.3 is 4.74 Å². The number of halogens is 1. The van der Waals surface area contributed by atoms with Gasteiger partial charge in [-0.1, -0.05) is 30.5 Å². The van der Waals surface area contributed by atoms with E-state index in [1.807, 2.05) is 13.8 Å². The first-order valence-electron chi connectivity index (χ1n) is 7.11. The first-order valence-corrected chi connectivity index (χ1v) is 8.30. The molecule has 0 aliphatic carbocycles. The lowest BCUT2D eigenvalue weighted by Crippen LogP contribution is -2.28. The van der Waals surface area contributed by atoms with Gasteiger partial charge >= 0.3 is 0 Å². The maximum atomic E-state index is 12.1. The molecule has 0 aromatic heterocycles. The van der Waals surface area contributed by atoms with Gasteiger partial charge in [-0.2, -0.15) is 0 Å². The Morgan fingerprint density at radius 1 is 1.48 bits per heavy atom. The number of carbonyl (C=O) groups is 2. The molecule has 0 saturated carbocycles. The number of hydrogen-bond acceptors (Lipinski definition) is 4. The minimum Gasteiger partial charge on any atom is -0.489 e. The van der Waals surface area contributed by atoms with Crippen molar-refractivity contribution in [3.63, 3.8) is 0 Å². The van der Waals surface area contributed by atoms with Gasteiger partial charge in [-0.05, 0) is 48.9 Å². The molecule has 0 spiro atoms. The number of terminal acetylenes is 1. The molecular weight excluding hydrogens is 334 g/mol. The zero-order valence-corrected chi connectivity index (χ0v) is 14.4. The fourth-order valence-corrected chi connectivity index (χ4v) is 2.95. The number of nitrogens with zero attached hydrogens (tertiary/aromatic N) is 1. The molecule has 1 fully saturated rings. The molecule has 1 atom stereocenters. The SMILES string of the molecule is C#CCN1C(=O)S/C(=C/c2ccc(O[C@H](C)CC)c(Cl)c2)C1=O. The second-order valence-corrected chi connectivity index (χ2v) is 6.40. The third kappa shape index (κ3) is 4.10. The molecule has 1 heterocycles. The molecule has 2 amide bonds. The fourth-order valence-electron chi connectivity index (χ4n) is 1.88. The number of hydrogen-bond donors (Lipinski definition) is 0. The molecule has 2 rings (SSSR count). The third-order valence-electron chi connectivity index (χ3n) is 3.28. The maximum absolute atomic E-state index is 12.1. The summed E-state index contributed by atoms with van der Waals surface area (Å²) >= 11 is 7.08. The van der Waals surface area contributed by atoms with Crippen LogP contribution in [0.3, 0.4) is 0 Å². The molecule has 23 heavy (non-hydrogen) atoms. The van der Waals surface area contributed by atoms with Crippen molar-refractivity contribution in [2.45, 2.75) is 26.4 Å². The van der Waals surface area contributed by atoms with E-state index in [2.05, 4.69) is 5.92 Å².